The van der Waals surface area contributed by atoms with Crippen LogP contribution < -0.4 is 4.74 Å². The molecule has 6 heteroatoms. The Labute approximate surface area is 178 Å². The number of rotatable bonds is 5. The van der Waals surface area contributed by atoms with E-state index in [1.807, 2.05) is 45.8 Å². The van der Waals surface area contributed by atoms with Gasteiger partial charge < -0.3 is 14.5 Å². The van der Waals surface area contributed by atoms with Gasteiger partial charge in [0.1, 0.15) is 5.75 Å². The number of nitrogens with zero attached hydrogens (tertiary/aromatic N) is 2. The molecule has 0 aromatic heterocycles. The molecule has 0 N–H and O–H groups in total. The van der Waals surface area contributed by atoms with E-state index in [1.165, 1.54) is 25.7 Å². The van der Waals surface area contributed by atoms with Crippen LogP contribution in [0.15, 0.2) is 24.3 Å². The van der Waals surface area contributed by atoms with Gasteiger partial charge in [-0.15, -0.1) is 11.8 Å². The van der Waals surface area contributed by atoms with Crippen LogP contribution in [0.2, 0.25) is 0 Å². The van der Waals surface area contributed by atoms with Gasteiger partial charge in [0.15, 0.2) is 0 Å². The molecule has 2 amide bonds. The summed E-state index contributed by atoms with van der Waals surface area (Å²) < 4.78 is 5.28. The number of carbonyl (C=O) groups excluding carboxylic acids is 2. The maximum absolute atomic E-state index is 13.2. The second kappa shape index (κ2) is 8.99. The van der Waals surface area contributed by atoms with Crippen molar-refractivity contribution < 1.29 is 14.3 Å². The van der Waals surface area contributed by atoms with E-state index in [1.54, 1.807) is 7.11 Å². The zero-order valence-corrected chi connectivity index (χ0v) is 18.2. The number of ether oxygens (including phenoxy) is 1. The first-order valence-electron chi connectivity index (χ1n) is 11.0. The maximum atomic E-state index is 13.2. The number of piperidine rings is 1. The lowest BCUT2D eigenvalue weighted by molar-refractivity contribution is -0.133. The molecule has 0 radical (unpaired) electrons. The summed E-state index contributed by atoms with van der Waals surface area (Å²) in [6.45, 7) is 2.30. The van der Waals surface area contributed by atoms with E-state index in [2.05, 4.69) is 0 Å². The molecule has 4 rings (SSSR count). The Hall–Kier alpha value is -1.69. The summed E-state index contributed by atoms with van der Waals surface area (Å²) in [5, 5.41) is 0. The van der Waals surface area contributed by atoms with Crippen molar-refractivity contribution >= 4 is 23.6 Å². The Bertz CT molecular complexity index is 739. The summed E-state index contributed by atoms with van der Waals surface area (Å²) >= 11 is 1.89. The minimum absolute atomic E-state index is 0.0786. The molecule has 1 aromatic carbocycles. The van der Waals surface area contributed by atoms with E-state index < -0.39 is 0 Å². The zero-order chi connectivity index (χ0) is 20.3. The van der Waals surface area contributed by atoms with Crippen molar-refractivity contribution in [1.29, 1.82) is 0 Å². The Morgan fingerprint density at radius 2 is 1.93 bits per heavy atom. The lowest BCUT2D eigenvalue weighted by atomic mass is 9.98. The van der Waals surface area contributed by atoms with E-state index in [0.717, 1.165) is 50.6 Å². The average Bonchev–Trinajstić information content (AvgIpc) is 3.42. The van der Waals surface area contributed by atoms with E-state index in [4.69, 9.17) is 4.74 Å². The number of methoxy groups -OCH3 is 1. The second-order valence-corrected chi connectivity index (χ2v) is 10.0. The molecule has 1 spiro atoms. The standard InChI is InChI=1S/C23H32N2O3S/c1-28-20-8-4-7-19(17-20)22(27)25-15-16-29-23(25)11-13-24(14-12-23)21(26)10-9-18-5-2-3-6-18/h4,7-8,17-18H,2-3,5-6,9-16H2,1H3. The number of hydrogen-bond donors (Lipinski definition) is 0. The first kappa shape index (κ1) is 20.6. The van der Waals surface area contributed by atoms with Gasteiger partial charge in [0, 0.05) is 37.4 Å². The molecule has 1 aromatic rings. The van der Waals surface area contributed by atoms with E-state index in [-0.39, 0.29) is 10.8 Å². The molecule has 3 fully saturated rings. The third-order valence-electron chi connectivity index (χ3n) is 6.88. The molecule has 2 heterocycles. The minimum Gasteiger partial charge on any atom is -0.497 e. The summed E-state index contributed by atoms with van der Waals surface area (Å²) in [5.74, 6) is 2.82. The Morgan fingerprint density at radius 1 is 1.17 bits per heavy atom. The summed E-state index contributed by atoms with van der Waals surface area (Å²) in [6.07, 6.45) is 8.74. The first-order valence-corrected chi connectivity index (χ1v) is 12.0. The van der Waals surface area contributed by atoms with Crippen molar-refractivity contribution in [2.75, 3.05) is 32.5 Å². The monoisotopic (exact) mass is 416 g/mol. The van der Waals surface area contributed by atoms with Gasteiger partial charge in [0.2, 0.25) is 5.91 Å². The van der Waals surface area contributed by atoms with Crippen LogP contribution in [-0.2, 0) is 4.79 Å². The van der Waals surface area contributed by atoms with Gasteiger partial charge in [-0.1, -0.05) is 31.7 Å². The molecule has 1 aliphatic carbocycles. The molecule has 2 saturated heterocycles. The predicted octanol–water partition coefficient (Wildman–Crippen LogP) is 4.17. The lowest BCUT2D eigenvalue weighted by Gasteiger charge is -2.44. The minimum atomic E-state index is -0.164. The highest BCUT2D eigenvalue weighted by Crippen LogP contribution is 2.44. The van der Waals surface area contributed by atoms with Crippen molar-refractivity contribution in [2.45, 2.75) is 56.2 Å². The molecule has 5 nitrogen and oxygen atoms in total. The fourth-order valence-electron chi connectivity index (χ4n) is 5.11. The smallest absolute Gasteiger partial charge is 0.255 e. The van der Waals surface area contributed by atoms with Crippen LogP contribution in [0.1, 0.15) is 61.7 Å². The van der Waals surface area contributed by atoms with Gasteiger partial charge in [-0.2, -0.15) is 0 Å². The molecule has 158 valence electrons. The van der Waals surface area contributed by atoms with Crippen molar-refractivity contribution in [3.63, 3.8) is 0 Å². The largest absolute Gasteiger partial charge is 0.497 e. The quantitative estimate of drug-likeness (QED) is 0.723. The van der Waals surface area contributed by atoms with E-state index >= 15 is 0 Å². The molecular formula is C23H32N2O3S. The maximum Gasteiger partial charge on any atom is 0.255 e. The van der Waals surface area contributed by atoms with Crippen LogP contribution in [0.25, 0.3) is 0 Å². The fraction of sp³-hybridized carbons (Fsp3) is 0.652. The Kier molecular flexibility index (Phi) is 6.38. The molecular weight excluding hydrogens is 384 g/mol. The van der Waals surface area contributed by atoms with Crippen LogP contribution in [0.5, 0.6) is 5.75 Å². The number of likely N-dealkylation sites (tertiary alicyclic amines) is 1. The lowest BCUT2D eigenvalue weighted by Crippen LogP contribution is -2.53. The van der Waals surface area contributed by atoms with Gasteiger partial charge in [-0.05, 0) is 43.4 Å². The van der Waals surface area contributed by atoms with Crippen molar-refractivity contribution in [2.24, 2.45) is 5.92 Å². The van der Waals surface area contributed by atoms with Crippen molar-refractivity contribution in [3.05, 3.63) is 29.8 Å². The molecule has 0 bridgehead atoms. The van der Waals surface area contributed by atoms with E-state index in [9.17, 15) is 9.59 Å². The van der Waals surface area contributed by atoms with Gasteiger partial charge in [0.05, 0.1) is 12.0 Å². The summed E-state index contributed by atoms with van der Waals surface area (Å²) in [4.78, 5) is 29.8. The number of hydrogen-bond acceptors (Lipinski definition) is 4. The van der Waals surface area contributed by atoms with Crippen LogP contribution in [0.4, 0.5) is 0 Å². The van der Waals surface area contributed by atoms with Crippen LogP contribution in [0, 0.1) is 5.92 Å². The number of benzene rings is 1. The summed E-state index contributed by atoms with van der Waals surface area (Å²) in [7, 11) is 1.62. The molecule has 2 aliphatic heterocycles. The number of carbonyl (C=O) groups is 2. The molecule has 29 heavy (non-hydrogen) atoms. The normalized spacial score (nSPS) is 21.7. The highest BCUT2D eigenvalue weighted by atomic mass is 32.2. The van der Waals surface area contributed by atoms with Crippen LogP contribution >= 0.6 is 11.8 Å². The zero-order valence-electron chi connectivity index (χ0n) is 17.4. The topological polar surface area (TPSA) is 49.9 Å². The van der Waals surface area contributed by atoms with Gasteiger partial charge in [-0.25, -0.2) is 0 Å². The van der Waals surface area contributed by atoms with Crippen molar-refractivity contribution in [3.8, 4) is 5.75 Å². The first-order chi connectivity index (χ1) is 14.1. The van der Waals surface area contributed by atoms with Crippen molar-refractivity contribution in [1.82, 2.24) is 9.80 Å². The number of thioether (sulfide) groups is 1. The van der Waals surface area contributed by atoms with Gasteiger partial charge in [0.25, 0.3) is 5.91 Å². The van der Waals surface area contributed by atoms with Crippen LogP contribution in [-0.4, -0.2) is 59.0 Å². The number of amides is 2. The average molecular weight is 417 g/mol. The molecule has 0 atom stereocenters. The molecule has 1 saturated carbocycles. The second-order valence-electron chi connectivity index (χ2n) is 8.55. The SMILES string of the molecule is COc1cccc(C(=O)N2CCSC23CCN(C(=O)CCC2CCCC2)CC3)c1. The third-order valence-corrected chi connectivity index (χ3v) is 8.43. The highest BCUT2D eigenvalue weighted by Gasteiger charge is 2.47. The predicted molar refractivity (Wildman–Crippen MR) is 116 cm³/mol. The summed E-state index contributed by atoms with van der Waals surface area (Å²) in [5.41, 5.74) is 0.682. The molecule has 3 aliphatic rings. The summed E-state index contributed by atoms with van der Waals surface area (Å²) in [6, 6.07) is 7.42. The third kappa shape index (κ3) is 4.42. The molecule has 0 unspecified atom stereocenters. The highest BCUT2D eigenvalue weighted by molar-refractivity contribution is 8.00. The fourth-order valence-corrected chi connectivity index (χ4v) is 6.57. The van der Waals surface area contributed by atoms with Gasteiger partial charge in [-0.3, -0.25) is 9.59 Å². The van der Waals surface area contributed by atoms with Crippen LogP contribution in [0.3, 0.4) is 0 Å². The van der Waals surface area contributed by atoms with Gasteiger partial charge >= 0.3 is 0 Å². The Balaban J connectivity index is 1.36. The van der Waals surface area contributed by atoms with E-state index in [0.29, 0.717) is 23.6 Å². The Morgan fingerprint density at radius 3 is 2.66 bits per heavy atom.